The fraction of sp³-hybridized carbons (Fsp3) is 1.00. The van der Waals surface area contributed by atoms with E-state index in [1.54, 1.807) is 0 Å². The number of nitrogens with one attached hydrogen (secondary N) is 1. The molecule has 2 rings (SSSR count). The first-order valence-electron chi connectivity index (χ1n) is 7.54. The van der Waals surface area contributed by atoms with Gasteiger partial charge in [-0.1, -0.05) is 6.92 Å². The number of nitrogens with zero attached hydrogens (tertiary/aromatic N) is 1. The molecule has 1 saturated heterocycles. The molecule has 2 unspecified atom stereocenters. The molecule has 2 nitrogen and oxygen atoms in total. The highest BCUT2D eigenvalue weighted by atomic mass is 19.4. The molecule has 1 aliphatic carbocycles. The number of unbranched alkanes of at least 4 members (excludes halogenated alkanes) is 1. The van der Waals surface area contributed by atoms with Gasteiger partial charge in [-0.2, -0.15) is 13.2 Å². The Hall–Kier alpha value is -0.290. The van der Waals surface area contributed by atoms with Gasteiger partial charge in [0, 0.05) is 31.6 Å². The molecule has 1 saturated carbocycles. The molecule has 0 aromatic heterocycles. The molecule has 1 aliphatic heterocycles. The number of halogens is 3. The van der Waals surface area contributed by atoms with Gasteiger partial charge in [-0.25, -0.2) is 0 Å². The second-order valence-electron chi connectivity index (χ2n) is 5.98. The number of rotatable bonds is 6. The molecule has 0 aromatic carbocycles. The van der Waals surface area contributed by atoms with E-state index in [9.17, 15) is 13.2 Å². The van der Waals surface area contributed by atoms with Crippen LogP contribution in [-0.4, -0.2) is 42.8 Å². The van der Waals surface area contributed by atoms with E-state index >= 15 is 0 Å². The second kappa shape index (κ2) is 6.44. The van der Waals surface area contributed by atoms with Crippen LogP contribution in [0, 0.1) is 5.92 Å². The predicted molar refractivity (Wildman–Crippen MR) is 70.1 cm³/mol. The summed E-state index contributed by atoms with van der Waals surface area (Å²) in [7, 11) is 0. The standard InChI is InChI=1S/C14H25F3N2/c1-2-12-9-18-13(11-5-6-11)10-19(12)8-4-3-7-14(15,16)17/h11-13,18H,2-10H2,1H3. The molecule has 1 heterocycles. The molecular weight excluding hydrogens is 253 g/mol. The number of alkyl halides is 3. The van der Waals surface area contributed by atoms with E-state index in [0.29, 0.717) is 18.5 Å². The summed E-state index contributed by atoms with van der Waals surface area (Å²) in [5, 5.41) is 3.61. The Morgan fingerprint density at radius 2 is 1.95 bits per heavy atom. The average Bonchev–Trinajstić information content (AvgIpc) is 3.17. The molecule has 0 amide bonds. The van der Waals surface area contributed by atoms with Crippen LogP contribution in [0.5, 0.6) is 0 Å². The smallest absolute Gasteiger partial charge is 0.311 e. The van der Waals surface area contributed by atoms with E-state index in [2.05, 4.69) is 17.1 Å². The summed E-state index contributed by atoms with van der Waals surface area (Å²) < 4.78 is 36.3. The van der Waals surface area contributed by atoms with Crippen molar-refractivity contribution in [2.45, 2.75) is 63.7 Å². The van der Waals surface area contributed by atoms with Gasteiger partial charge >= 0.3 is 6.18 Å². The number of hydrogen-bond acceptors (Lipinski definition) is 2. The summed E-state index contributed by atoms with van der Waals surface area (Å²) >= 11 is 0. The zero-order valence-electron chi connectivity index (χ0n) is 11.7. The second-order valence-corrected chi connectivity index (χ2v) is 5.98. The van der Waals surface area contributed by atoms with E-state index in [4.69, 9.17) is 0 Å². The fourth-order valence-electron chi connectivity index (χ4n) is 3.01. The van der Waals surface area contributed by atoms with Crippen molar-refractivity contribution in [2.24, 2.45) is 5.92 Å². The molecule has 2 aliphatic rings. The van der Waals surface area contributed by atoms with Gasteiger partial charge in [0.15, 0.2) is 0 Å². The quantitative estimate of drug-likeness (QED) is 0.751. The highest BCUT2D eigenvalue weighted by Gasteiger charge is 2.36. The predicted octanol–water partition coefficient (Wildman–Crippen LogP) is 3.18. The van der Waals surface area contributed by atoms with Gasteiger partial charge in [0.25, 0.3) is 0 Å². The Kier molecular flexibility index (Phi) is 5.12. The van der Waals surface area contributed by atoms with Crippen LogP contribution >= 0.6 is 0 Å². The van der Waals surface area contributed by atoms with Crippen molar-refractivity contribution in [2.75, 3.05) is 19.6 Å². The first-order valence-corrected chi connectivity index (χ1v) is 7.54. The Morgan fingerprint density at radius 1 is 1.21 bits per heavy atom. The van der Waals surface area contributed by atoms with Crippen molar-refractivity contribution in [1.29, 1.82) is 0 Å². The minimum atomic E-state index is -4.00. The lowest BCUT2D eigenvalue weighted by Crippen LogP contribution is -2.57. The van der Waals surface area contributed by atoms with Crippen LogP contribution in [0.4, 0.5) is 13.2 Å². The van der Waals surface area contributed by atoms with Crippen LogP contribution in [0.2, 0.25) is 0 Å². The topological polar surface area (TPSA) is 15.3 Å². The van der Waals surface area contributed by atoms with Crippen LogP contribution in [0.1, 0.15) is 45.4 Å². The zero-order chi connectivity index (χ0) is 13.9. The summed E-state index contributed by atoms with van der Waals surface area (Å²) in [5.41, 5.74) is 0. The monoisotopic (exact) mass is 278 g/mol. The molecule has 2 atom stereocenters. The van der Waals surface area contributed by atoms with Gasteiger partial charge in [-0.15, -0.1) is 0 Å². The summed E-state index contributed by atoms with van der Waals surface area (Å²) in [6, 6.07) is 1.08. The van der Waals surface area contributed by atoms with Crippen LogP contribution in [-0.2, 0) is 0 Å². The molecule has 0 aromatic rings. The minimum absolute atomic E-state index is 0.262. The molecule has 0 spiro atoms. The first kappa shape index (κ1) is 15.1. The van der Waals surface area contributed by atoms with Crippen LogP contribution < -0.4 is 5.32 Å². The Balaban J connectivity index is 1.71. The highest BCUT2D eigenvalue weighted by Crippen LogP contribution is 2.34. The molecule has 19 heavy (non-hydrogen) atoms. The summed E-state index contributed by atoms with van der Waals surface area (Å²) in [5.74, 6) is 0.815. The van der Waals surface area contributed by atoms with Crippen molar-refractivity contribution >= 4 is 0 Å². The molecular formula is C14H25F3N2. The van der Waals surface area contributed by atoms with E-state index in [0.717, 1.165) is 32.0 Å². The van der Waals surface area contributed by atoms with Crippen LogP contribution in [0.25, 0.3) is 0 Å². The van der Waals surface area contributed by atoms with Gasteiger partial charge in [0.2, 0.25) is 0 Å². The molecule has 112 valence electrons. The van der Waals surface area contributed by atoms with E-state index in [-0.39, 0.29) is 6.42 Å². The molecule has 0 bridgehead atoms. The lowest BCUT2D eigenvalue weighted by Gasteiger charge is -2.40. The summed E-state index contributed by atoms with van der Waals surface area (Å²) in [4.78, 5) is 2.41. The van der Waals surface area contributed by atoms with Crippen LogP contribution in [0.15, 0.2) is 0 Å². The van der Waals surface area contributed by atoms with Gasteiger partial charge in [-0.3, -0.25) is 4.90 Å². The van der Waals surface area contributed by atoms with Gasteiger partial charge in [0.1, 0.15) is 0 Å². The Labute approximate surface area is 113 Å². The number of piperazine rings is 1. The van der Waals surface area contributed by atoms with Gasteiger partial charge in [0.05, 0.1) is 0 Å². The lowest BCUT2D eigenvalue weighted by molar-refractivity contribution is -0.135. The van der Waals surface area contributed by atoms with Gasteiger partial charge in [-0.05, 0) is 44.6 Å². The van der Waals surface area contributed by atoms with Crippen molar-refractivity contribution in [1.82, 2.24) is 10.2 Å². The summed E-state index contributed by atoms with van der Waals surface area (Å²) in [6.45, 7) is 5.00. The normalized spacial score (nSPS) is 29.7. The fourth-order valence-corrected chi connectivity index (χ4v) is 3.01. The zero-order valence-corrected chi connectivity index (χ0v) is 11.7. The largest absolute Gasteiger partial charge is 0.389 e. The van der Waals surface area contributed by atoms with E-state index in [1.165, 1.54) is 12.8 Å². The molecule has 2 fully saturated rings. The van der Waals surface area contributed by atoms with E-state index < -0.39 is 12.6 Å². The first-order chi connectivity index (χ1) is 8.99. The van der Waals surface area contributed by atoms with Crippen molar-refractivity contribution in [3.05, 3.63) is 0 Å². The van der Waals surface area contributed by atoms with Crippen molar-refractivity contribution < 1.29 is 13.2 Å². The Bertz CT molecular complexity index is 276. The van der Waals surface area contributed by atoms with Gasteiger partial charge < -0.3 is 5.32 Å². The molecule has 0 radical (unpaired) electrons. The Morgan fingerprint density at radius 3 is 2.53 bits per heavy atom. The minimum Gasteiger partial charge on any atom is -0.311 e. The van der Waals surface area contributed by atoms with Crippen molar-refractivity contribution in [3.63, 3.8) is 0 Å². The lowest BCUT2D eigenvalue weighted by atomic mass is 10.0. The molecule has 5 heteroatoms. The maximum atomic E-state index is 12.1. The highest BCUT2D eigenvalue weighted by molar-refractivity contribution is 4.94. The maximum absolute atomic E-state index is 12.1. The van der Waals surface area contributed by atoms with Crippen molar-refractivity contribution in [3.8, 4) is 0 Å². The SMILES string of the molecule is CCC1CNC(C2CC2)CN1CCCCC(F)(F)F. The average molecular weight is 278 g/mol. The van der Waals surface area contributed by atoms with Crippen LogP contribution in [0.3, 0.4) is 0 Å². The third kappa shape index (κ3) is 4.95. The summed E-state index contributed by atoms with van der Waals surface area (Å²) in [6.07, 6.45) is -0.00610. The number of hydrogen-bond donors (Lipinski definition) is 1. The van der Waals surface area contributed by atoms with E-state index in [1.807, 2.05) is 0 Å². The molecule has 1 N–H and O–H groups in total. The third-order valence-corrected chi connectivity index (χ3v) is 4.38. The maximum Gasteiger partial charge on any atom is 0.389 e. The third-order valence-electron chi connectivity index (χ3n) is 4.38.